The van der Waals surface area contributed by atoms with Gasteiger partial charge in [-0.3, -0.25) is 18.5 Å². The molecule has 0 aliphatic carbocycles. The van der Waals surface area contributed by atoms with Crippen molar-refractivity contribution in [1.29, 1.82) is 0 Å². The molecule has 0 aliphatic heterocycles. The molecule has 21 nitrogen and oxygen atoms in total. The molecule has 1 amide bonds. The lowest BCUT2D eigenvalue weighted by Gasteiger charge is -2.11. The number of benzene rings is 7. The second-order valence-corrected chi connectivity index (χ2v) is 19.0. The standard InChI is InChI=1S/C44H35N9O12S3/c1-24-17-31(10-14-34(24)48-46-30-11-15-35(25(2)18-30)49-50-36-16-12-32(66(57,58)59)22-40(36)67(60,61)62)47-51-37-23-39(54)38(19-26(37)3)52-53-42-41(68(63,64)65)21-28-20-29(9-13-33(28)43(42)55)45-44(56)27-7-5-4-6-8-27/h4-23,54-55H,1-3H3,(H,45,56)(H,57,58,59)(H,60,61,62)(H,63,64,65). The Balaban J connectivity index is 1.04. The van der Waals surface area contributed by atoms with Crippen LogP contribution in [0.15, 0.2) is 177 Å². The zero-order valence-electron chi connectivity index (χ0n) is 35.4. The van der Waals surface area contributed by atoms with Gasteiger partial charge in [0.15, 0.2) is 5.75 Å². The zero-order chi connectivity index (χ0) is 49.1. The van der Waals surface area contributed by atoms with E-state index >= 15 is 0 Å². The Morgan fingerprint density at radius 1 is 0.485 bits per heavy atom. The molecule has 0 saturated carbocycles. The Morgan fingerprint density at radius 2 is 1.03 bits per heavy atom. The number of carbonyl (C=O) groups excluding carboxylic acids is 1. The highest BCUT2D eigenvalue weighted by atomic mass is 32.2. The quantitative estimate of drug-likeness (QED) is 0.0464. The van der Waals surface area contributed by atoms with E-state index < -0.39 is 68.1 Å². The summed E-state index contributed by atoms with van der Waals surface area (Å²) < 4.78 is 101. The van der Waals surface area contributed by atoms with Crippen LogP contribution in [0.5, 0.6) is 11.5 Å². The van der Waals surface area contributed by atoms with Gasteiger partial charge in [0, 0.05) is 22.7 Å². The van der Waals surface area contributed by atoms with E-state index in [1.165, 1.54) is 36.4 Å². The molecule has 0 fully saturated rings. The zero-order valence-corrected chi connectivity index (χ0v) is 37.9. The largest absolute Gasteiger partial charge is 0.506 e. The lowest BCUT2D eigenvalue weighted by Crippen LogP contribution is -2.11. The Kier molecular flexibility index (Phi) is 13.5. The number of rotatable bonds is 13. The minimum Gasteiger partial charge on any atom is -0.506 e. The van der Waals surface area contributed by atoms with Gasteiger partial charge in [0.25, 0.3) is 36.3 Å². The number of nitrogens with zero attached hydrogens (tertiary/aromatic N) is 8. The van der Waals surface area contributed by atoms with Gasteiger partial charge >= 0.3 is 0 Å². The average molecular weight is 978 g/mol. The summed E-state index contributed by atoms with van der Waals surface area (Å²) in [6, 6.07) is 28.6. The summed E-state index contributed by atoms with van der Waals surface area (Å²) in [5.74, 6) is -1.48. The minimum atomic E-state index is -4.98. The highest BCUT2D eigenvalue weighted by Gasteiger charge is 2.24. The van der Waals surface area contributed by atoms with E-state index in [2.05, 4.69) is 46.2 Å². The molecule has 0 unspecified atom stereocenters. The van der Waals surface area contributed by atoms with Crippen LogP contribution < -0.4 is 5.32 Å². The molecule has 0 spiro atoms. The molecule has 7 rings (SSSR count). The van der Waals surface area contributed by atoms with Gasteiger partial charge in [0.05, 0.1) is 33.3 Å². The van der Waals surface area contributed by atoms with Crippen molar-refractivity contribution in [2.24, 2.45) is 40.9 Å². The molecule has 6 N–H and O–H groups in total. The molecular formula is C44H35N9O12S3. The van der Waals surface area contributed by atoms with Crippen LogP contribution in [0.25, 0.3) is 10.8 Å². The molecule has 0 saturated heterocycles. The normalized spacial score (nSPS) is 12.6. The molecular weight excluding hydrogens is 943 g/mol. The molecule has 7 aromatic rings. The topological polar surface area (TPSA) is 332 Å². The SMILES string of the molecule is Cc1cc(N=Nc2cc(O)c(N=Nc3c(S(=O)(=O)O)cc4cc(NC(=O)c5ccccc5)ccc4c3O)cc2C)ccc1N=Nc1ccc(N=Nc2ccc(S(=O)(=O)O)cc2S(=O)(=O)O)c(C)c1. The third-order valence-corrected chi connectivity index (χ3v) is 12.5. The molecule has 7 aromatic carbocycles. The summed E-state index contributed by atoms with van der Waals surface area (Å²) in [6.07, 6.45) is 0. The van der Waals surface area contributed by atoms with Crippen LogP contribution in [-0.4, -0.2) is 55.0 Å². The van der Waals surface area contributed by atoms with Crippen molar-refractivity contribution in [3.8, 4) is 11.5 Å². The van der Waals surface area contributed by atoms with Crippen molar-refractivity contribution in [2.45, 2.75) is 35.5 Å². The van der Waals surface area contributed by atoms with Gasteiger partial charge in [-0.15, -0.1) is 15.3 Å². The lowest BCUT2D eigenvalue weighted by atomic mass is 10.1. The van der Waals surface area contributed by atoms with Gasteiger partial charge in [-0.05, 0) is 140 Å². The number of fused-ring (bicyclic) bond motifs is 1. The fourth-order valence-corrected chi connectivity index (χ4v) is 8.27. The van der Waals surface area contributed by atoms with Crippen LogP contribution in [0, 0.1) is 20.8 Å². The smallest absolute Gasteiger partial charge is 0.296 e. The first-order valence-corrected chi connectivity index (χ1v) is 23.8. The summed E-state index contributed by atoms with van der Waals surface area (Å²) in [4.78, 5) is 10.3. The van der Waals surface area contributed by atoms with Crippen LogP contribution in [0.1, 0.15) is 27.0 Å². The molecule has 68 heavy (non-hydrogen) atoms. The highest BCUT2D eigenvalue weighted by molar-refractivity contribution is 7.87. The number of phenolic OH excluding ortho intramolecular Hbond substituents is 2. The van der Waals surface area contributed by atoms with Crippen LogP contribution in [-0.2, 0) is 30.4 Å². The van der Waals surface area contributed by atoms with Crippen molar-refractivity contribution in [1.82, 2.24) is 0 Å². The number of amides is 1. The number of hydrogen-bond acceptors (Lipinski definition) is 17. The molecule has 24 heteroatoms. The van der Waals surface area contributed by atoms with Gasteiger partial charge in [-0.1, -0.05) is 18.2 Å². The Hall–Kier alpha value is -8.00. The Morgan fingerprint density at radius 3 is 1.62 bits per heavy atom. The van der Waals surface area contributed by atoms with Crippen molar-refractivity contribution in [3.05, 3.63) is 144 Å². The summed E-state index contributed by atoms with van der Waals surface area (Å²) in [5.41, 5.74) is 3.16. The van der Waals surface area contributed by atoms with E-state index in [0.29, 0.717) is 45.4 Å². The fraction of sp³-hybridized carbons (Fsp3) is 0.0682. The summed E-state index contributed by atoms with van der Waals surface area (Å²) in [7, 11) is -14.7. The van der Waals surface area contributed by atoms with Crippen molar-refractivity contribution >= 4 is 98.2 Å². The van der Waals surface area contributed by atoms with E-state index in [1.807, 2.05) is 0 Å². The van der Waals surface area contributed by atoms with E-state index in [4.69, 9.17) is 0 Å². The number of azo groups is 4. The minimum absolute atomic E-state index is 0.124. The molecule has 0 radical (unpaired) electrons. The van der Waals surface area contributed by atoms with Crippen molar-refractivity contribution in [2.75, 3.05) is 5.32 Å². The molecule has 346 valence electrons. The number of phenols is 2. The second-order valence-electron chi connectivity index (χ2n) is 14.8. The molecule has 0 atom stereocenters. The number of aromatic hydroxyl groups is 2. The van der Waals surface area contributed by atoms with Gasteiger partial charge in [-0.25, -0.2) is 0 Å². The summed E-state index contributed by atoms with van der Waals surface area (Å²) in [5, 5.41) is 57.8. The second kappa shape index (κ2) is 19.1. The predicted octanol–water partition coefficient (Wildman–Crippen LogP) is 11.8. The molecule has 0 bridgehead atoms. The lowest BCUT2D eigenvalue weighted by molar-refractivity contribution is 0.102. The van der Waals surface area contributed by atoms with E-state index in [9.17, 15) is 53.9 Å². The maximum absolute atomic E-state index is 12.7. The number of hydrogen-bond donors (Lipinski definition) is 6. The van der Waals surface area contributed by atoms with Gasteiger partial charge in [0.2, 0.25) is 0 Å². The first kappa shape index (κ1) is 47.9. The predicted molar refractivity (Wildman–Crippen MR) is 248 cm³/mol. The van der Waals surface area contributed by atoms with Gasteiger partial charge < -0.3 is 15.5 Å². The number of nitrogens with one attached hydrogen (secondary N) is 1. The third-order valence-electron chi connectivity index (χ3n) is 9.85. The van der Waals surface area contributed by atoms with Crippen LogP contribution in [0.3, 0.4) is 0 Å². The third kappa shape index (κ3) is 11.2. The molecule has 0 heterocycles. The summed E-state index contributed by atoms with van der Waals surface area (Å²) in [6.45, 7) is 5.10. The highest BCUT2D eigenvalue weighted by Crippen LogP contribution is 2.44. The van der Waals surface area contributed by atoms with E-state index in [1.54, 1.807) is 81.4 Å². The maximum atomic E-state index is 12.7. The van der Waals surface area contributed by atoms with Gasteiger partial charge in [0.1, 0.15) is 32.6 Å². The number of aryl methyl sites for hydroxylation is 3. The van der Waals surface area contributed by atoms with Crippen LogP contribution in [0.4, 0.5) is 51.2 Å². The molecule has 0 aliphatic rings. The van der Waals surface area contributed by atoms with Crippen molar-refractivity contribution in [3.63, 3.8) is 0 Å². The van der Waals surface area contributed by atoms with Crippen LogP contribution in [0.2, 0.25) is 0 Å². The monoisotopic (exact) mass is 977 g/mol. The average Bonchev–Trinajstić information content (AvgIpc) is 3.27. The molecule has 0 aromatic heterocycles. The van der Waals surface area contributed by atoms with Crippen molar-refractivity contribution < 1.29 is 53.9 Å². The van der Waals surface area contributed by atoms with Gasteiger partial charge in [-0.2, -0.15) is 50.8 Å². The Labute approximate surface area is 387 Å². The number of carbonyl (C=O) groups is 1. The first-order chi connectivity index (χ1) is 32.0. The first-order valence-electron chi connectivity index (χ1n) is 19.5. The van der Waals surface area contributed by atoms with Crippen LogP contribution >= 0.6 is 0 Å². The fourth-order valence-electron chi connectivity index (χ4n) is 6.38. The summed E-state index contributed by atoms with van der Waals surface area (Å²) >= 11 is 0. The Bertz CT molecular complexity index is 3660. The van der Waals surface area contributed by atoms with E-state index in [0.717, 1.165) is 18.2 Å². The maximum Gasteiger partial charge on any atom is 0.296 e. The van der Waals surface area contributed by atoms with E-state index in [-0.39, 0.29) is 39.2 Å². The number of anilines is 1.